The van der Waals surface area contributed by atoms with Gasteiger partial charge in [-0.05, 0) is 41.4 Å². The van der Waals surface area contributed by atoms with Gasteiger partial charge >= 0.3 is 6.03 Å². The van der Waals surface area contributed by atoms with Crippen molar-refractivity contribution in [1.82, 2.24) is 5.32 Å². The van der Waals surface area contributed by atoms with Gasteiger partial charge in [0.1, 0.15) is 11.3 Å². The number of hydrogen-bond acceptors (Lipinski definition) is 3. The van der Waals surface area contributed by atoms with Crippen molar-refractivity contribution < 1.29 is 18.7 Å². The number of halogens is 3. The fraction of sp³-hybridized carbons (Fsp3) is 0.214. The van der Waals surface area contributed by atoms with Crippen molar-refractivity contribution in [3.8, 4) is 0 Å². The summed E-state index contributed by atoms with van der Waals surface area (Å²) in [6.07, 6.45) is 0. The molecule has 0 aliphatic rings. The molecule has 0 saturated carbocycles. The van der Waals surface area contributed by atoms with Gasteiger partial charge < -0.3 is 15.7 Å². The summed E-state index contributed by atoms with van der Waals surface area (Å²) in [5.41, 5.74) is -1.24. The Morgan fingerprint density at radius 1 is 1.41 bits per heavy atom. The smallest absolute Gasteiger partial charge is 0.319 e. The van der Waals surface area contributed by atoms with Crippen LogP contribution in [-0.4, -0.2) is 17.7 Å². The number of anilines is 1. The molecular formula is C14H13ClF2N2O2S. The average molecular weight is 347 g/mol. The van der Waals surface area contributed by atoms with Gasteiger partial charge in [0, 0.05) is 5.02 Å². The summed E-state index contributed by atoms with van der Waals surface area (Å²) >= 11 is 6.91. The highest BCUT2D eigenvalue weighted by Gasteiger charge is 2.24. The van der Waals surface area contributed by atoms with Crippen LogP contribution in [0.5, 0.6) is 0 Å². The van der Waals surface area contributed by atoms with E-state index in [2.05, 4.69) is 10.6 Å². The van der Waals surface area contributed by atoms with Crippen LogP contribution in [0.2, 0.25) is 5.02 Å². The number of urea groups is 1. The molecule has 0 fully saturated rings. The number of hydrogen-bond donors (Lipinski definition) is 3. The highest BCUT2D eigenvalue weighted by molar-refractivity contribution is 7.08. The third-order valence-electron chi connectivity index (χ3n) is 2.98. The Balaban J connectivity index is 2.00. The Morgan fingerprint density at radius 3 is 2.59 bits per heavy atom. The zero-order chi connectivity index (χ0) is 16.3. The highest BCUT2D eigenvalue weighted by atomic mass is 35.5. The molecule has 0 radical (unpaired) electrons. The molecule has 2 amide bonds. The third kappa shape index (κ3) is 3.94. The van der Waals surface area contributed by atoms with Crippen LogP contribution in [0.3, 0.4) is 0 Å². The van der Waals surface area contributed by atoms with Crippen molar-refractivity contribution in [2.24, 2.45) is 0 Å². The zero-order valence-electron chi connectivity index (χ0n) is 11.5. The maximum atomic E-state index is 13.6. The summed E-state index contributed by atoms with van der Waals surface area (Å²) < 4.78 is 27.1. The molecule has 0 spiro atoms. The van der Waals surface area contributed by atoms with E-state index in [1.807, 2.05) is 0 Å². The maximum absolute atomic E-state index is 13.6. The molecule has 8 heteroatoms. The lowest BCUT2D eigenvalue weighted by molar-refractivity contribution is 0.0604. The average Bonchev–Trinajstić information content (AvgIpc) is 2.95. The lowest BCUT2D eigenvalue weighted by Gasteiger charge is -2.23. The molecule has 118 valence electrons. The summed E-state index contributed by atoms with van der Waals surface area (Å²) in [6, 6.07) is 2.67. The molecule has 1 heterocycles. The van der Waals surface area contributed by atoms with Crippen LogP contribution >= 0.6 is 22.9 Å². The van der Waals surface area contributed by atoms with Crippen molar-refractivity contribution in [2.45, 2.75) is 12.5 Å². The van der Waals surface area contributed by atoms with Gasteiger partial charge in [-0.15, -0.1) is 0 Å². The van der Waals surface area contributed by atoms with Crippen molar-refractivity contribution in [3.63, 3.8) is 0 Å². The van der Waals surface area contributed by atoms with E-state index in [-0.39, 0.29) is 11.6 Å². The SMILES string of the molecule is CC(O)(CNC(=O)Nc1c(F)cc(Cl)cc1F)c1ccsc1. The monoisotopic (exact) mass is 346 g/mol. The third-order valence-corrected chi connectivity index (χ3v) is 3.88. The summed E-state index contributed by atoms with van der Waals surface area (Å²) in [6.45, 7) is 1.41. The molecule has 0 aliphatic carbocycles. The minimum absolute atomic E-state index is 0.110. The Morgan fingerprint density at radius 2 is 2.05 bits per heavy atom. The Labute approximate surface area is 134 Å². The van der Waals surface area contributed by atoms with E-state index in [0.717, 1.165) is 12.1 Å². The van der Waals surface area contributed by atoms with Crippen molar-refractivity contribution in [3.05, 3.63) is 51.2 Å². The molecule has 0 aliphatic heterocycles. The molecule has 1 aromatic heterocycles. The number of aliphatic hydroxyl groups is 1. The molecule has 2 rings (SSSR count). The first-order chi connectivity index (χ1) is 10.3. The van der Waals surface area contributed by atoms with Crippen molar-refractivity contribution in [2.75, 3.05) is 11.9 Å². The van der Waals surface area contributed by atoms with Gasteiger partial charge in [0.25, 0.3) is 0 Å². The first kappa shape index (κ1) is 16.7. The van der Waals surface area contributed by atoms with E-state index < -0.39 is 29.0 Å². The number of carbonyl (C=O) groups is 1. The standard InChI is InChI=1S/C14H13ClF2N2O2S/c1-14(21,8-2-3-22-6-8)7-18-13(20)19-12-10(16)4-9(15)5-11(12)17/h2-6,21H,7H2,1H3,(H2,18,19,20). The zero-order valence-corrected chi connectivity index (χ0v) is 13.1. The van der Waals surface area contributed by atoms with Crippen LogP contribution < -0.4 is 10.6 Å². The Bertz CT molecular complexity index is 654. The van der Waals surface area contributed by atoms with E-state index in [1.54, 1.807) is 16.8 Å². The number of rotatable bonds is 4. The number of thiophene rings is 1. The summed E-state index contributed by atoms with van der Waals surface area (Å²) in [4.78, 5) is 11.7. The molecule has 22 heavy (non-hydrogen) atoms. The minimum Gasteiger partial charge on any atom is -0.384 e. The molecule has 1 atom stereocenters. The Kier molecular flexibility index (Phi) is 5.00. The van der Waals surface area contributed by atoms with Gasteiger partial charge in [-0.1, -0.05) is 11.6 Å². The molecule has 0 bridgehead atoms. The van der Waals surface area contributed by atoms with Gasteiger partial charge in [-0.3, -0.25) is 0 Å². The fourth-order valence-electron chi connectivity index (χ4n) is 1.74. The second-order valence-electron chi connectivity index (χ2n) is 4.84. The van der Waals surface area contributed by atoms with Gasteiger partial charge in [0.05, 0.1) is 6.54 Å². The first-order valence-corrected chi connectivity index (χ1v) is 7.56. The van der Waals surface area contributed by atoms with Crippen molar-refractivity contribution in [1.29, 1.82) is 0 Å². The summed E-state index contributed by atoms with van der Waals surface area (Å²) in [5.74, 6) is -1.96. The van der Waals surface area contributed by atoms with Crippen LogP contribution in [-0.2, 0) is 5.60 Å². The van der Waals surface area contributed by atoms with Crippen LogP contribution in [0.15, 0.2) is 29.0 Å². The van der Waals surface area contributed by atoms with Gasteiger partial charge in [0.15, 0.2) is 11.6 Å². The van der Waals surface area contributed by atoms with E-state index in [9.17, 15) is 18.7 Å². The fourth-order valence-corrected chi connectivity index (χ4v) is 2.72. The second-order valence-corrected chi connectivity index (χ2v) is 6.05. The van der Waals surface area contributed by atoms with Gasteiger partial charge in [-0.2, -0.15) is 11.3 Å². The van der Waals surface area contributed by atoms with E-state index in [1.165, 1.54) is 18.3 Å². The predicted octanol–water partition coefficient (Wildman–Crippen LogP) is 3.71. The van der Waals surface area contributed by atoms with Gasteiger partial charge in [-0.25, -0.2) is 13.6 Å². The van der Waals surface area contributed by atoms with Crippen LogP contribution in [0, 0.1) is 11.6 Å². The summed E-state index contributed by atoms with van der Waals surface area (Å²) in [7, 11) is 0. The van der Waals surface area contributed by atoms with Crippen LogP contribution in [0.1, 0.15) is 12.5 Å². The van der Waals surface area contributed by atoms with E-state index in [4.69, 9.17) is 11.6 Å². The van der Waals surface area contributed by atoms with Crippen LogP contribution in [0.4, 0.5) is 19.3 Å². The highest BCUT2D eigenvalue weighted by Crippen LogP contribution is 2.24. The number of nitrogens with one attached hydrogen (secondary N) is 2. The normalized spacial score (nSPS) is 13.5. The number of benzene rings is 1. The van der Waals surface area contributed by atoms with E-state index >= 15 is 0 Å². The molecule has 2 aromatic rings. The number of carbonyl (C=O) groups excluding carboxylic acids is 1. The van der Waals surface area contributed by atoms with Crippen LogP contribution in [0.25, 0.3) is 0 Å². The largest absolute Gasteiger partial charge is 0.384 e. The molecule has 3 N–H and O–H groups in total. The second kappa shape index (κ2) is 6.60. The quantitative estimate of drug-likeness (QED) is 0.790. The first-order valence-electron chi connectivity index (χ1n) is 6.24. The molecular weight excluding hydrogens is 334 g/mol. The van der Waals surface area contributed by atoms with Crippen molar-refractivity contribution >= 4 is 34.7 Å². The minimum atomic E-state index is -1.28. The number of amides is 2. The lowest BCUT2D eigenvalue weighted by Crippen LogP contribution is -2.40. The topological polar surface area (TPSA) is 61.4 Å². The molecule has 1 unspecified atom stereocenters. The Hall–Kier alpha value is -1.70. The molecule has 1 aromatic carbocycles. The molecule has 0 saturated heterocycles. The predicted molar refractivity (Wildman–Crippen MR) is 82.3 cm³/mol. The maximum Gasteiger partial charge on any atom is 0.319 e. The summed E-state index contributed by atoms with van der Waals surface area (Å²) in [5, 5.41) is 18.1. The van der Waals surface area contributed by atoms with E-state index in [0.29, 0.717) is 5.56 Å². The lowest BCUT2D eigenvalue weighted by atomic mass is 9.99. The molecule has 4 nitrogen and oxygen atoms in total. The van der Waals surface area contributed by atoms with Gasteiger partial charge in [0.2, 0.25) is 0 Å².